The van der Waals surface area contributed by atoms with Gasteiger partial charge in [-0.2, -0.15) is 0 Å². The molecule has 2 aromatic rings. The Morgan fingerprint density at radius 2 is 1.59 bits per heavy atom. The summed E-state index contributed by atoms with van der Waals surface area (Å²) in [6.07, 6.45) is 0.710. The first-order valence-corrected chi connectivity index (χ1v) is 9.18. The molecule has 29 heavy (non-hydrogen) atoms. The van der Waals surface area contributed by atoms with Crippen LogP contribution in [-0.4, -0.2) is 23.4 Å². The van der Waals surface area contributed by atoms with Crippen LogP contribution in [0.25, 0.3) is 6.08 Å². The standard InChI is InChI=1S/C23H25NO5/c1-16(25)19-12-10-17(11-13-19)14-20(24-22(27)29-23(2,3)4)21(26)28-15-18-8-6-5-7-9-18/h5-14H,15H2,1-4H3,(H,24,27)/b20-14-. The highest BCUT2D eigenvalue weighted by Crippen LogP contribution is 2.13. The topological polar surface area (TPSA) is 81.7 Å². The molecule has 0 unspecified atom stereocenters. The molecular formula is C23H25NO5. The number of ether oxygens (including phenoxy) is 2. The maximum atomic E-state index is 12.6. The number of rotatable bonds is 6. The van der Waals surface area contributed by atoms with E-state index in [0.29, 0.717) is 11.1 Å². The van der Waals surface area contributed by atoms with Crippen molar-refractivity contribution in [3.63, 3.8) is 0 Å². The number of amides is 1. The van der Waals surface area contributed by atoms with Crippen LogP contribution in [0.2, 0.25) is 0 Å². The summed E-state index contributed by atoms with van der Waals surface area (Å²) < 4.78 is 10.5. The highest BCUT2D eigenvalue weighted by Gasteiger charge is 2.20. The molecule has 0 spiro atoms. The second kappa shape index (κ2) is 9.68. The minimum absolute atomic E-state index is 0.0603. The van der Waals surface area contributed by atoms with Crippen LogP contribution >= 0.6 is 0 Å². The lowest BCUT2D eigenvalue weighted by Gasteiger charge is -2.20. The molecule has 0 atom stereocenters. The number of carbonyl (C=O) groups excluding carboxylic acids is 3. The van der Waals surface area contributed by atoms with E-state index in [1.807, 2.05) is 30.3 Å². The average molecular weight is 395 g/mol. The summed E-state index contributed by atoms with van der Waals surface area (Å²) in [6, 6.07) is 15.9. The molecule has 0 aliphatic carbocycles. The van der Waals surface area contributed by atoms with Gasteiger partial charge in [0, 0.05) is 5.56 Å². The summed E-state index contributed by atoms with van der Waals surface area (Å²) in [5, 5.41) is 2.45. The molecule has 0 saturated heterocycles. The molecule has 0 aromatic heterocycles. The molecule has 0 aliphatic heterocycles. The third kappa shape index (κ3) is 7.62. The molecule has 0 radical (unpaired) electrons. The zero-order valence-electron chi connectivity index (χ0n) is 17.0. The smallest absolute Gasteiger partial charge is 0.412 e. The molecule has 0 saturated carbocycles. The second-order valence-electron chi connectivity index (χ2n) is 7.42. The van der Waals surface area contributed by atoms with Gasteiger partial charge in [-0.05, 0) is 44.9 Å². The van der Waals surface area contributed by atoms with E-state index in [4.69, 9.17) is 9.47 Å². The van der Waals surface area contributed by atoms with Crippen molar-refractivity contribution in [2.75, 3.05) is 0 Å². The monoisotopic (exact) mass is 395 g/mol. The maximum absolute atomic E-state index is 12.6. The van der Waals surface area contributed by atoms with Crippen molar-refractivity contribution in [1.82, 2.24) is 5.32 Å². The highest BCUT2D eigenvalue weighted by molar-refractivity contribution is 5.97. The Morgan fingerprint density at radius 3 is 2.14 bits per heavy atom. The van der Waals surface area contributed by atoms with Crippen LogP contribution in [0.4, 0.5) is 4.79 Å². The van der Waals surface area contributed by atoms with E-state index < -0.39 is 17.7 Å². The summed E-state index contributed by atoms with van der Waals surface area (Å²) in [6.45, 7) is 6.72. The van der Waals surface area contributed by atoms with Crippen molar-refractivity contribution < 1.29 is 23.9 Å². The minimum atomic E-state index is -0.763. The summed E-state index contributed by atoms with van der Waals surface area (Å²) in [7, 11) is 0. The molecule has 0 fully saturated rings. The first kappa shape index (κ1) is 21.9. The summed E-state index contributed by atoms with van der Waals surface area (Å²) >= 11 is 0. The van der Waals surface area contributed by atoms with Gasteiger partial charge in [-0.1, -0.05) is 54.6 Å². The van der Waals surface area contributed by atoms with E-state index >= 15 is 0 Å². The first-order chi connectivity index (χ1) is 13.6. The number of hydrogen-bond donors (Lipinski definition) is 1. The molecule has 0 heterocycles. The van der Waals surface area contributed by atoms with Gasteiger partial charge >= 0.3 is 12.1 Å². The third-order valence-corrected chi connectivity index (χ3v) is 3.70. The predicted molar refractivity (Wildman–Crippen MR) is 110 cm³/mol. The normalized spacial score (nSPS) is 11.5. The molecule has 0 aliphatic rings. The Balaban J connectivity index is 2.20. The molecule has 6 nitrogen and oxygen atoms in total. The fourth-order valence-corrected chi connectivity index (χ4v) is 2.34. The van der Waals surface area contributed by atoms with Gasteiger partial charge in [0.25, 0.3) is 0 Å². The number of nitrogens with one attached hydrogen (secondary N) is 1. The van der Waals surface area contributed by atoms with Gasteiger partial charge in [0.05, 0.1) is 0 Å². The van der Waals surface area contributed by atoms with E-state index in [1.165, 1.54) is 13.0 Å². The summed E-state index contributed by atoms with van der Waals surface area (Å²) in [4.78, 5) is 36.2. The van der Waals surface area contributed by atoms with Crippen LogP contribution < -0.4 is 5.32 Å². The second-order valence-corrected chi connectivity index (χ2v) is 7.42. The number of hydrogen-bond acceptors (Lipinski definition) is 5. The highest BCUT2D eigenvalue weighted by atomic mass is 16.6. The number of benzene rings is 2. The Hall–Kier alpha value is -3.41. The zero-order valence-corrected chi connectivity index (χ0v) is 17.0. The Bertz CT molecular complexity index is 893. The largest absolute Gasteiger partial charge is 0.456 e. The quantitative estimate of drug-likeness (QED) is 0.442. The number of esters is 1. The van der Waals surface area contributed by atoms with Crippen molar-refractivity contribution >= 4 is 23.9 Å². The number of carbonyl (C=O) groups is 3. The van der Waals surface area contributed by atoms with E-state index in [2.05, 4.69) is 5.32 Å². The van der Waals surface area contributed by atoms with Crippen molar-refractivity contribution in [3.8, 4) is 0 Å². The number of ketones is 1. The van der Waals surface area contributed by atoms with Crippen LogP contribution in [0.15, 0.2) is 60.3 Å². The van der Waals surface area contributed by atoms with Gasteiger partial charge in [0.1, 0.15) is 17.9 Å². The molecular weight excluding hydrogens is 370 g/mol. The van der Waals surface area contributed by atoms with Crippen molar-refractivity contribution in [2.45, 2.75) is 39.9 Å². The lowest BCUT2D eigenvalue weighted by atomic mass is 10.1. The predicted octanol–water partition coefficient (Wildman–Crippen LogP) is 4.50. The van der Waals surface area contributed by atoms with Gasteiger partial charge in [0.15, 0.2) is 5.78 Å². The van der Waals surface area contributed by atoms with Gasteiger partial charge in [-0.3, -0.25) is 10.1 Å². The Morgan fingerprint density at radius 1 is 0.966 bits per heavy atom. The first-order valence-electron chi connectivity index (χ1n) is 9.18. The van der Waals surface area contributed by atoms with Crippen LogP contribution in [0.5, 0.6) is 0 Å². The van der Waals surface area contributed by atoms with Gasteiger partial charge in [-0.25, -0.2) is 9.59 Å². The molecule has 2 rings (SSSR count). The number of Topliss-reactive ketones (excluding diaryl/α,β-unsaturated/α-hetero) is 1. The SMILES string of the molecule is CC(=O)c1ccc(/C=C(\NC(=O)OC(C)(C)C)C(=O)OCc2ccccc2)cc1. The molecule has 6 heteroatoms. The Labute approximate surface area is 170 Å². The van der Waals surface area contributed by atoms with E-state index in [1.54, 1.807) is 45.0 Å². The lowest BCUT2D eigenvalue weighted by molar-refractivity contribution is -0.140. The van der Waals surface area contributed by atoms with Crippen LogP contribution in [0.3, 0.4) is 0 Å². The average Bonchev–Trinajstić information content (AvgIpc) is 2.65. The molecule has 2 aromatic carbocycles. The van der Waals surface area contributed by atoms with Gasteiger partial charge < -0.3 is 9.47 Å². The van der Waals surface area contributed by atoms with Crippen LogP contribution in [0, 0.1) is 0 Å². The van der Waals surface area contributed by atoms with Gasteiger partial charge in [0.2, 0.25) is 0 Å². The van der Waals surface area contributed by atoms with Crippen molar-refractivity contribution in [1.29, 1.82) is 0 Å². The fourth-order valence-electron chi connectivity index (χ4n) is 2.34. The fraction of sp³-hybridized carbons (Fsp3) is 0.261. The molecule has 152 valence electrons. The number of alkyl carbamates (subject to hydrolysis) is 1. The van der Waals surface area contributed by atoms with Crippen LogP contribution in [0.1, 0.15) is 49.2 Å². The lowest BCUT2D eigenvalue weighted by Crippen LogP contribution is -2.34. The maximum Gasteiger partial charge on any atom is 0.412 e. The zero-order chi connectivity index (χ0) is 21.4. The van der Waals surface area contributed by atoms with Gasteiger partial charge in [-0.15, -0.1) is 0 Å². The van der Waals surface area contributed by atoms with E-state index in [9.17, 15) is 14.4 Å². The Kier molecular flexibility index (Phi) is 7.31. The van der Waals surface area contributed by atoms with E-state index in [-0.39, 0.29) is 18.1 Å². The van der Waals surface area contributed by atoms with Crippen molar-refractivity contribution in [3.05, 3.63) is 77.0 Å². The van der Waals surface area contributed by atoms with Crippen molar-refractivity contribution in [2.24, 2.45) is 0 Å². The van der Waals surface area contributed by atoms with Crippen LogP contribution in [-0.2, 0) is 20.9 Å². The van der Waals surface area contributed by atoms with E-state index in [0.717, 1.165) is 5.56 Å². The minimum Gasteiger partial charge on any atom is -0.456 e. The summed E-state index contributed by atoms with van der Waals surface area (Å²) in [5.74, 6) is -0.759. The molecule has 0 bridgehead atoms. The molecule has 1 N–H and O–H groups in total. The third-order valence-electron chi connectivity index (χ3n) is 3.70. The molecule has 1 amide bonds. The summed E-state index contributed by atoms with van der Waals surface area (Å²) in [5.41, 5.74) is 1.22.